The second kappa shape index (κ2) is 7.36. The maximum absolute atomic E-state index is 13.4. The van der Waals surface area contributed by atoms with E-state index >= 15 is 0 Å². The van der Waals surface area contributed by atoms with Crippen LogP contribution in [0.5, 0.6) is 5.75 Å². The van der Waals surface area contributed by atoms with Crippen LogP contribution in [0.3, 0.4) is 0 Å². The largest absolute Gasteiger partial charge is 0.486 e. The highest BCUT2D eigenvalue weighted by Crippen LogP contribution is 2.36. The van der Waals surface area contributed by atoms with Gasteiger partial charge in [-0.3, -0.25) is 14.6 Å². The predicted octanol–water partition coefficient (Wildman–Crippen LogP) is 1.74. The monoisotopic (exact) mass is 367 g/mol. The summed E-state index contributed by atoms with van der Waals surface area (Å²) in [5.41, 5.74) is 1.04. The van der Waals surface area contributed by atoms with E-state index in [9.17, 15) is 9.59 Å². The van der Waals surface area contributed by atoms with E-state index in [4.69, 9.17) is 9.47 Å². The Bertz CT molecular complexity index is 842. The molecule has 1 saturated heterocycles. The molecule has 0 spiro atoms. The topological polar surface area (TPSA) is 72.0 Å². The maximum atomic E-state index is 13.4. The molecule has 1 aromatic heterocycles. The summed E-state index contributed by atoms with van der Waals surface area (Å²) in [4.78, 5) is 33.7. The Labute approximate surface area is 157 Å². The molecule has 2 aliphatic heterocycles. The zero-order chi connectivity index (χ0) is 18.8. The lowest BCUT2D eigenvalue weighted by molar-refractivity contribution is -0.122. The third kappa shape index (κ3) is 3.26. The first-order chi connectivity index (χ1) is 13.2. The van der Waals surface area contributed by atoms with Gasteiger partial charge in [-0.1, -0.05) is 18.2 Å². The molecule has 0 N–H and O–H groups in total. The average Bonchev–Trinajstić information content (AvgIpc) is 3.13. The van der Waals surface area contributed by atoms with Crippen molar-refractivity contribution in [2.75, 3.05) is 31.7 Å². The molecule has 1 aromatic carbocycles. The quantitative estimate of drug-likeness (QED) is 0.823. The van der Waals surface area contributed by atoms with Gasteiger partial charge in [0.15, 0.2) is 0 Å². The maximum Gasteiger partial charge on any atom is 0.273 e. The zero-order valence-electron chi connectivity index (χ0n) is 15.1. The van der Waals surface area contributed by atoms with Gasteiger partial charge in [0.05, 0.1) is 18.8 Å². The molecule has 7 nitrogen and oxygen atoms in total. The van der Waals surface area contributed by atoms with Crippen LogP contribution in [0, 0.1) is 0 Å². The first kappa shape index (κ1) is 17.5. The van der Waals surface area contributed by atoms with Gasteiger partial charge in [0.25, 0.3) is 5.91 Å². The highest BCUT2D eigenvalue weighted by Gasteiger charge is 2.45. The summed E-state index contributed by atoms with van der Waals surface area (Å²) in [6, 6.07) is 12.1. The molecule has 0 unspecified atom stereocenters. The van der Waals surface area contributed by atoms with Crippen molar-refractivity contribution in [2.24, 2.45) is 0 Å². The number of benzene rings is 1. The highest BCUT2D eigenvalue weighted by atomic mass is 16.5. The minimum Gasteiger partial charge on any atom is -0.486 e. The van der Waals surface area contributed by atoms with E-state index in [0.29, 0.717) is 43.2 Å². The fourth-order valence-corrected chi connectivity index (χ4v) is 3.65. The van der Waals surface area contributed by atoms with Crippen LogP contribution in [0.4, 0.5) is 5.69 Å². The van der Waals surface area contributed by atoms with Gasteiger partial charge in [-0.25, -0.2) is 0 Å². The number of para-hydroxylation sites is 2. The lowest BCUT2D eigenvalue weighted by atomic mass is 10.1. The molecule has 0 aliphatic carbocycles. The fraction of sp³-hybridized carbons (Fsp3) is 0.350. The number of fused-ring (bicyclic) bond motifs is 3. The molecule has 4 rings (SSSR count). The van der Waals surface area contributed by atoms with E-state index in [0.717, 1.165) is 0 Å². The summed E-state index contributed by atoms with van der Waals surface area (Å²) < 4.78 is 11.3. The van der Waals surface area contributed by atoms with Gasteiger partial charge in [-0.05, 0) is 24.3 Å². The third-order valence-electron chi connectivity index (χ3n) is 4.93. The highest BCUT2D eigenvalue weighted by molar-refractivity contribution is 6.03. The lowest BCUT2D eigenvalue weighted by Crippen LogP contribution is -2.49. The number of methoxy groups -OCH3 is 1. The first-order valence-electron chi connectivity index (χ1n) is 8.97. The van der Waals surface area contributed by atoms with Crippen LogP contribution in [-0.4, -0.2) is 60.7 Å². The van der Waals surface area contributed by atoms with Crippen molar-refractivity contribution in [1.29, 1.82) is 0 Å². The smallest absolute Gasteiger partial charge is 0.273 e. The summed E-state index contributed by atoms with van der Waals surface area (Å²) >= 11 is 0. The molecule has 2 amide bonds. The number of likely N-dealkylation sites (tertiary alicyclic amines) is 1. The van der Waals surface area contributed by atoms with Crippen LogP contribution < -0.4 is 9.64 Å². The second-order valence-corrected chi connectivity index (χ2v) is 6.61. The number of carbonyl (C=O) groups excluding carboxylic acids is 2. The molecule has 7 heteroatoms. The first-order valence-corrected chi connectivity index (χ1v) is 8.97. The zero-order valence-corrected chi connectivity index (χ0v) is 15.1. The predicted molar refractivity (Wildman–Crippen MR) is 98.8 cm³/mol. The molecule has 140 valence electrons. The molecular weight excluding hydrogens is 346 g/mol. The number of pyridine rings is 1. The van der Waals surface area contributed by atoms with Crippen molar-refractivity contribution in [2.45, 2.75) is 18.6 Å². The van der Waals surface area contributed by atoms with E-state index in [1.165, 1.54) is 0 Å². The van der Waals surface area contributed by atoms with Gasteiger partial charge < -0.3 is 19.3 Å². The fourth-order valence-electron chi connectivity index (χ4n) is 3.65. The van der Waals surface area contributed by atoms with Crippen LogP contribution in [-0.2, 0) is 9.53 Å². The third-order valence-corrected chi connectivity index (χ3v) is 4.93. The Morgan fingerprint density at radius 3 is 2.85 bits per heavy atom. The lowest BCUT2D eigenvalue weighted by Gasteiger charge is -2.31. The molecule has 0 radical (unpaired) electrons. The Hall–Kier alpha value is -2.93. The molecule has 2 aliphatic rings. The van der Waals surface area contributed by atoms with Crippen LogP contribution >= 0.6 is 0 Å². The van der Waals surface area contributed by atoms with Crippen LogP contribution in [0.25, 0.3) is 0 Å². The van der Waals surface area contributed by atoms with Crippen molar-refractivity contribution in [1.82, 2.24) is 9.88 Å². The number of hydrogen-bond acceptors (Lipinski definition) is 5. The van der Waals surface area contributed by atoms with Gasteiger partial charge in [0, 0.05) is 26.3 Å². The van der Waals surface area contributed by atoms with Crippen LogP contribution in [0.1, 0.15) is 16.9 Å². The van der Waals surface area contributed by atoms with Crippen LogP contribution in [0.2, 0.25) is 0 Å². The average molecular weight is 367 g/mol. The summed E-state index contributed by atoms with van der Waals surface area (Å²) in [5, 5.41) is 0. The molecule has 2 atom stereocenters. The van der Waals surface area contributed by atoms with Gasteiger partial charge in [0.2, 0.25) is 5.91 Å². The Morgan fingerprint density at radius 1 is 1.26 bits per heavy atom. The van der Waals surface area contributed by atoms with Crippen molar-refractivity contribution >= 4 is 17.5 Å². The van der Waals surface area contributed by atoms with E-state index in [2.05, 4.69) is 4.98 Å². The van der Waals surface area contributed by atoms with E-state index in [1.54, 1.807) is 41.3 Å². The number of nitrogens with zero attached hydrogens (tertiary/aromatic N) is 3. The molecule has 2 aromatic rings. The molecule has 0 saturated carbocycles. The Kier molecular flexibility index (Phi) is 4.77. The SMILES string of the molecule is COCCN1C(=O)[C@@H]2C[C@@H](CN2C(=O)c2ccccn2)Oc2ccccc21. The van der Waals surface area contributed by atoms with Gasteiger partial charge in [-0.15, -0.1) is 0 Å². The van der Waals surface area contributed by atoms with Gasteiger partial charge in [0.1, 0.15) is 23.6 Å². The number of aromatic nitrogens is 1. The summed E-state index contributed by atoms with van der Waals surface area (Å²) in [6.07, 6.45) is 1.82. The molecule has 27 heavy (non-hydrogen) atoms. The van der Waals surface area contributed by atoms with E-state index in [1.807, 2.05) is 24.3 Å². The normalized spacial score (nSPS) is 21.3. The van der Waals surface area contributed by atoms with Crippen molar-refractivity contribution in [3.63, 3.8) is 0 Å². The molecule has 2 bridgehead atoms. The summed E-state index contributed by atoms with van der Waals surface area (Å²) in [5.74, 6) is 0.282. The number of anilines is 1. The number of carbonyl (C=O) groups is 2. The van der Waals surface area contributed by atoms with Crippen molar-refractivity contribution in [3.05, 3.63) is 54.4 Å². The minimum absolute atomic E-state index is 0.116. The molecule has 3 heterocycles. The minimum atomic E-state index is -0.574. The Morgan fingerprint density at radius 2 is 2.07 bits per heavy atom. The van der Waals surface area contributed by atoms with E-state index < -0.39 is 6.04 Å². The van der Waals surface area contributed by atoms with Crippen molar-refractivity contribution < 1.29 is 19.1 Å². The Balaban J connectivity index is 1.69. The van der Waals surface area contributed by atoms with Crippen molar-refractivity contribution in [3.8, 4) is 5.75 Å². The summed E-state index contributed by atoms with van der Waals surface area (Å²) in [7, 11) is 1.60. The number of amides is 2. The van der Waals surface area contributed by atoms with Gasteiger partial charge >= 0.3 is 0 Å². The van der Waals surface area contributed by atoms with E-state index in [-0.39, 0.29) is 17.9 Å². The van der Waals surface area contributed by atoms with Gasteiger partial charge in [-0.2, -0.15) is 0 Å². The number of ether oxygens (including phenoxy) is 2. The summed E-state index contributed by atoms with van der Waals surface area (Å²) in [6.45, 7) is 1.14. The number of hydrogen-bond donors (Lipinski definition) is 0. The molecule has 1 fully saturated rings. The standard InChI is InChI=1S/C20H21N3O4/c1-26-11-10-22-16-7-2-3-8-18(16)27-14-12-17(20(22)25)23(13-14)19(24)15-6-4-5-9-21-15/h2-9,14,17H,10-13H2,1H3/t14-,17-/m0/s1. The molecular formula is C20H21N3O4. The number of rotatable bonds is 4. The van der Waals surface area contributed by atoms with Crippen LogP contribution in [0.15, 0.2) is 48.7 Å². The second-order valence-electron chi connectivity index (χ2n) is 6.61.